The van der Waals surface area contributed by atoms with Gasteiger partial charge in [-0.1, -0.05) is 48.5 Å². The number of rotatable bonds is 15. The molecule has 208 valence electrons. The van der Waals surface area contributed by atoms with E-state index < -0.39 is 23.9 Å². The minimum Gasteiger partial charge on any atom is -0.365 e. The standard InChI is InChI=1S/C29H39N7O3/c1-36(17-15-30,20-27(32)37)16-7-11-24(31)28(38)35-26(14-13-21-8-3-2-4-9-21)29(39)34-23-18-22-10-5-6-12-25(22)33-19-23/h2-6,8-10,12,18-19,24,26H,7,11,13-17,20,30-31H2,1H3,(H3-,32,34,35,37,38,39)/p+1/t24-,26+,36?/m0/s1. The molecule has 3 amide bonds. The molecule has 8 N–H and O–H groups in total. The van der Waals surface area contributed by atoms with E-state index in [1.165, 1.54) is 0 Å². The Kier molecular flexibility index (Phi) is 10.9. The summed E-state index contributed by atoms with van der Waals surface area (Å²) in [5.41, 5.74) is 19.8. The lowest BCUT2D eigenvalue weighted by Gasteiger charge is -2.33. The molecule has 10 nitrogen and oxygen atoms in total. The lowest BCUT2D eigenvalue weighted by molar-refractivity contribution is -0.900. The third kappa shape index (κ3) is 9.43. The summed E-state index contributed by atoms with van der Waals surface area (Å²) in [6.45, 7) is 1.79. The average molecular weight is 535 g/mol. The van der Waals surface area contributed by atoms with Gasteiger partial charge in [0.2, 0.25) is 11.8 Å². The number of benzene rings is 2. The van der Waals surface area contributed by atoms with Crippen LogP contribution in [0.25, 0.3) is 10.9 Å². The fraction of sp³-hybridized carbons (Fsp3) is 0.379. The van der Waals surface area contributed by atoms with Crippen molar-refractivity contribution in [3.05, 3.63) is 72.4 Å². The van der Waals surface area contributed by atoms with Crippen LogP contribution in [0, 0.1) is 0 Å². The molecular weight excluding hydrogens is 494 g/mol. The van der Waals surface area contributed by atoms with E-state index in [1.807, 2.05) is 67.7 Å². The molecule has 3 atom stereocenters. The van der Waals surface area contributed by atoms with Crippen LogP contribution in [0.3, 0.4) is 0 Å². The molecule has 0 bridgehead atoms. The molecule has 0 spiro atoms. The van der Waals surface area contributed by atoms with Crippen molar-refractivity contribution < 1.29 is 18.9 Å². The Bertz CT molecular complexity index is 1250. The molecule has 0 saturated carbocycles. The molecule has 3 aromatic rings. The summed E-state index contributed by atoms with van der Waals surface area (Å²) in [4.78, 5) is 42.2. The first-order valence-electron chi connectivity index (χ1n) is 13.3. The number of nitrogens with zero attached hydrogens (tertiary/aromatic N) is 2. The van der Waals surface area contributed by atoms with E-state index in [4.69, 9.17) is 17.2 Å². The van der Waals surface area contributed by atoms with E-state index in [1.54, 1.807) is 6.20 Å². The minimum absolute atomic E-state index is 0.171. The molecule has 0 radical (unpaired) electrons. The number of primary amides is 1. The van der Waals surface area contributed by atoms with Gasteiger partial charge in [0, 0.05) is 11.9 Å². The zero-order chi connectivity index (χ0) is 28.3. The molecule has 10 heteroatoms. The second-order valence-corrected chi connectivity index (χ2v) is 10.2. The van der Waals surface area contributed by atoms with E-state index in [-0.39, 0.29) is 12.5 Å². The lowest BCUT2D eigenvalue weighted by atomic mass is 10.0. The number of nitrogens with two attached hydrogens (primary N) is 3. The highest BCUT2D eigenvalue weighted by Gasteiger charge is 2.26. The molecule has 0 fully saturated rings. The number of quaternary nitrogens is 1. The van der Waals surface area contributed by atoms with Gasteiger partial charge in [0.1, 0.15) is 6.04 Å². The van der Waals surface area contributed by atoms with Crippen LogP contribution in [0.15, 0.2) is 66.9 Å². The van der Waals surface area contributed by atoms with E-state index in [2.05, 4.69) is 15.6 Å². The number of aryl methyl sites for hydroxylation is 1. The number of hydrogen-bond donors (Lipinski definition) is 5. The zero-order valence-electron chi connectivity index (χ0n) is 22.5. The number of para-hydroxylation sites is 1. The zero-order valence-corrected chi connectivity index (χ0v) is 22.5. The van der Waals surface area contributed by atoms with Gasteiger partial charge in [-0.2, -0.15) is 0 Å². The van der Waals surface area contributed by atoms with Gasteiger partial charge < -0.3 is 32.3 Å². The highest BCUT2D eigenvalue weighted by molar-refractivity contribution is 5.98. The molecule has 0 aliphatic heterocycles. The number of fused-ring (bicyclic) bond motifs is 1. The number of carbonyl (C=O) groups is 3. The van der Waals surface area contributed by atoms with Crippen molar-refractivity contribution in [1.29, 1.82) is 0 Å². The van der Waals surface area contributed by atoms with Gasteiger partial charge in [0.15, 0.2) is 6.54 Å². The van der Waals surface area contributed by atoms with Crippen LogP contribution in [-0.4, -0.2) is 72.5 Å². The second kappa shape index (κ2) is 14.3. The van der Waals surface area contributed by atoms with Crippen LogP contribution >= 0.6 is 0 Å². The average Bonchev–Trinajstić information content (AvgIpc) is 2.90. The van der Waals surface area contributed by atoms with E-state index >= 15 is 0 Å². The van der Waals surface area contributed by atoms with Crippen LogP contribution in [0.4, 0.5) is 5.69 Å². The maximum absolute atomic E-state index is 13.3. The molecule has 1 heterocycles. The van der Waals surface area contributed by atoms with Gasteiger partial charge in [-0.3, -0.25) is 19.4 Å². The third-order valence-electron chi connectivity index (χ3n) is 6.81. The largest absolute Gasteiger partial charge is 0.365 e. The summed E-state index contributed by atoms with van der Waals surface area (Å²) in [6.07, 6.45) is 3.60. The topological polar surface area (TPSA) is 166 Å². The number of pyridine rings is 1. The Morgan fingerprint density at radius 3 is 2.41 bits per heavy atom. The van der Waals surface area contributed by atoms with Crippen molar-refractivity contribution in [1.82, 2.24) is 10.3 Å². The number of likely N-dealkylation sites (N-methyl/N-ethyl adjacent to an activating group) is 1. The molecule has 1 aromatic heterocycles. The van der Waals surface area contributed by atoms with Gasteiger partial charge in [-0.15, -0.1) is 0 Å². The summed E-state index contributed by atoms with van der Waals surface area (Å²) in [6, 6.07) is 17.7. The number of aromatic nitrogens is 1. The maximum Gasteiger partial charge on any atom is 0.272 e. The summed E-state index contributed by atoms with van der Waals surface area (Å²) in [5.74, 6) is -1.14. The van der Waals surface area contributed by atoms with Gasteiger partial charge in [0.25, 0.3) is 5.91 Å². The number of carbonyl (C=O) groups excluding carboxylic acids is 3. The van der Waals surface area contributed by atoms with Crippen LogP contribution in [0.2, 0.25) is 0 Å². The maximum atomic E-state index is 13.3. The predicted octanol–water partition coefficient (Wildman–Crippen LogP) is 1.29. The van der Waals surface area contributed by atoms with E-state index in [9.17, 15) is 14.4 Å². The lowest BCUT2D eigenvalue weighted by Crippen LogP contribution is -2.53. The summed E-state index contributed by atoms with van der Waals surface area (Å²) in [5, 5.41) is 6.65. The summed E-state index contributed by atoms with van der Waals surface area (Å²) in [7, 11) is 1.91. The third-order valence-corrected chi connectivity index (χ3v) is 6.81. The predicted molar refractivity (Wildman–Crippen MR) is 153 cm³/mol. The highest BCUT2D eigenvalue weighted by atomic mass is 16.2. The Hall–Kier alpha value is -3.86. The normalized spacial score (nSPS) is 14.2. The Labute approximate surface area is 229 Å². The van der Waals surface area contributed by atoms with Gasteiger partial charge >= 0.3 is 0 Å². The number of hydrogen-bond acceptors (Lipinski definition) is 6. The van der Waals surface area contributed by atoms with Gasteiger partial charge in [-0.05, 0) is 43.4 Å². The first kappa shape index (κ1) is 29.7. The molecule has 39 heavy (non-hydrogen) atoms. The van der Waals surface area contributed by atoms with Crippen LogP contribution in [0.5, 0.6) is 0 Å². The molecule has 0 aliphatic carbocycles. The van der Waals surface area contributed by atoms with Crippen LogP contribution in [0.1, 0.15) is 24.8 Å². The molecule has 2 aromatic carbocycles. The molecule has 0 saturated heterocycles. The SMILES string of the molecule is C[N+](CCN)(CCC[C@H](N)C(=O)N[C@H](CCc1ccccc1)C(=O)Nc1cnc2ccccc2c1)CC(N)=O. The summed E-state index contributed by atoms with van der Waals surface area (Å²) < 4.78 is 0.391. The molecule has 3 rings (SSSR count). The van der Waals surface area contributed by atoms with Crippen molar-refractivity contribution in [3.8, 4) is 0 Å². The quantitative estimate of drug-likeness (QED) is 0.184. The monoisotopic (exact) mass is 534 g/mol. The Balaban J connectivity index is 1.64. The molecule has 1 unspecified atom stereocenters. The fourth-order valence-electron chi connectivity index (χ4n) is 4.65. The minimum atomic E-state index is -0.806. The highest BCUT2D eigenvalue weighted by Crippen LogP contribution is 2.17. The summed E-state index contributed by atoms with van der Waals surface area (Å²) >= 11 is 0. The van der Waals surface area contributed by atoms with Crippen LogP contribution < -0.4 is 27.8 Å². The number of amides is 3. The first-order valence-corrected chi connectivity index (χ1v) is 13.3. The van der Waals surface area contributed by atoms with E-state index in [0.717, 1.165) is 16.5 Å². The van der Waals surface area contributed by atoms with Crippen molar-refractivity contribution in [2.24, 2.45) is 17.2 Å². The van der Waals surface area contributed by atoms with Gasteiger partial charge in [-0.25, -0.2) is 0 Å². The van der Waals surface area contributed by atoms with E-state index in [0.29, 0.717) is 55.5 Å². The number of anilines is 1. The molecule has 0 aliphatic rings. The van der Waals surface area contributed by atoms with Crippen LogP contribution in [-0.2, 0) is 20.8 Å². The van der Waals surface area contributed by atoms with Gasteiger partial charge in [0.05, 0.1) is 43.6 Å². The Morgan fingerprint density at radius 2 is 1.69 bits per heavy atom. The fourth-order valence-corrected chi connectivity index (χ4v) is 4.65. The Morgan fingerprint density at radius 1 is 0.974 bits per heavy atom. The first-order chi connectivity index (χ1) is 18.7. The molecular formula is C29H40N7O3+. The number of nitrogens with one attached hydrogen (secondary N) is 2. The van der Waals surface area contributed by atoms with Crippen molar-refractivity contribution in [2.75, 3.05) is 38.5 Å². The van der Waals surface area contributed by atoms with Crippen molar-refractivity contribution in [3.63, 3.8) is 0 Å². The smallest absolute Gasteiger partial charge is 0.272 e. The van der Waals surface area contributed by atoms with Crippen molar-refractivity contribution in [2.45, 2.75) is 37.8 Å². The van der Waals surface area contributed by atoms with Crippen molar-refractivity contribution >= 4 is 34.3 Å². The second-order valence-electron chi connectivity index (χ2n) is 10.2.